The summed E-state index contributed by atoms with van der Waals surface area (Å²) in [4.78, 5) is 10.9. The number of nitrogens with two attached hydrogens (primary N) is 1. The highest BCUT2D eigenvalue weighted by Crippen LogP contribution is 2.28. The third-order valence-corrected chi connectivity index (χ3v) is 3.38. The van der Waals surface area contributed by atoms with Crippen molar-refractivity contribution >= 4 is 5.91 Å². The van der Waals surface area contributed by atoms with Crippen LogP contribution in [0.25, 0.3) is 0 Å². The first-order valence-corrected chi connectivity index (χ1v) is 6.01. The summed E-state index contributed by atoms with van der Waals surface area (Å²) < 4.78 is 0. The molecular formula is C12H24N2O. The Morgan fingerprint density at radius 1 is 1.33 bits per heavy atom. The quantitative estimate of drug-likeness (QED) is 0.742. The molecule has 1 aliphatic carbocycles. The molecule has 1 rings (SSSR count). The van der Waals surface area contributed by atoms with Gasteiger partial charge in [-0.2, -0.15) is 0 Å². The standard InChI is InChI=1S/C12H24N2O/c1-8-4-9(2)6-11(5-8)14-7-10(3)12(13)15/h8-11,14H,4-7H2,1-3H3,(H2,13,15). The van der Waals surface area contributed by atoms with Crippen LogP contribution >= 0.6 is 0 Å². The third kappa shape index (κ3) is 4.20. The monoisotopic (exact) mass is 212 g/mol. The molecule has 0 heterocycles. The molecule has 1 saturated carbocycles. The molecule has 3 N–H and O–H groups in total. The van der Waals surface area contributed by atoms with Crippen molar-refractivity contribution in [3.63, 3.8) is 0 Å². The average molecular weight is 212 g/mol. The van der Waals surface area contributed by atoms with Gasteiger partial charge in [0.1, 0.15) is 0 Å². The van der Waals surface area contributed by atoms with Gasteiger partial charge in [0, 0.05) is 18.5 Å². The zero-order valence-electron chi connectivity index (χ0n) is 10.1. The Morgan fingerprint density at radius 3 is 2.33 bits per heavy atom. The molecule has 3 nitrogen and oxygen atoms in total. The van der Waals surface area contributed by atoms with Crippen LogP contribution in [0.5, 0.6) is 0 Å². The van der Waals surface area contributed by atoms with E-state index in [2.05, 4.69) is 19.2 Å². The number of nitrogens with one attached hydrogen (secondary N) is 1. The van der Waals surface area contributed by atoms with E-state index in [-0.39, 0.29) is 11.8 Å². The Bertz CT molecular complexity index is 208. The van der Waals surface area contributed by atoms with Crippen LogP contribution in [0.1, 0.15) is 40.0 Å². The predicted octanol–water partition coefficient (Wildman–Crippen LogP) is 1.52. The maximum atomic E-state index is 10.9. The second kappa shape index (κ2) is 5.50. The van der Waals surface area contributed by atoms with Gasteiger partial charge in [0.05, 0.1) is 0 Å². The first kappa shape index (κ1) is 12.5. The second-order valence-electron chi connectivity index (χ2n) is 5.33. The van der Waals surface area contributed by atoms with Crippen LogP contribution in [0, 0.1) is 17.8 Å². The number of primary amides is 1. The lowest BCUT2D eigenvalue weighted by atomic mass is 9.80. The lowest BCUT2D eigenvalue weighted by Gasteiger charge is -2.32. The number of rotatable bonds is 4. The van der Waals surface area contributed by atoms with Crippen LogP contribution in [-0.2, 0) is 4.79 Å². The van der Waals surface area contributed by atoms with E-state index in [9.17, 15) is 4.79 Å². The van der Waals surface area contributed by atoms with Gasteiger partial charge in [-0.15, -0.1) is 0 Å². The molecule has 15 heavy (non-hydrogen) atoms. The Labute approximate surface area is 92.8 Å². The van der Waals surface area contributed by atoms with Gasteiger partial charge < -0.3 is 11.1 Å². The van der Waals surface area contributed by atoms with Crippen LogP contribution in [0.4, 0.5) is 0 Å². The van der Waals surface area contributed by atoms with Gasteiger partial charge in [-0.3, -0.25) is 4.79 Å². The van der Waals surface area contributed by atoms with Crippen molar-refractivity contribution in [2.45, 2.75) is 46.1 Å². The fourth-order valence-electron chi connectivity index (χ4n) is 2.56. The lowest BCUT2D eigenvalue weighted by molar-refractivity contribution is -0.121. The summed E-state index contributed by atoms with van der Waals surface area (Å²) in [5.41, 5.74) is 5.23. The van der Waals surface area contributed by atoms with Gasteiger partial charge in [-0.05, 0) is 31.1 Å². The van der Waals surface area contributed by atoms with Crippen LogP contribution in [0.3, 0.4) is 0 Å². The average Bonchev–Trinajstić information content (AvgIpc) is 2.12. The van der Waals surface area contributed by atoms with E-state index >= 15 is 0 Å². The van der Waals surface area contributed by atoms with Crippen molar-refractivity contribution in [1.29, 1.82) is 0 Å². The molecule has 0 saturated heterocycles. The van der Waals surface area contributed by atoms with E-state index in [0.29, 0.717) is 6.04 Å². The highest BCUT2D eigenvalue weighted by Gasteiger charge is 2.24. The van der Waals surface area contributed by atoms with E-state index in [1.165, 1.54) is 19.3 Å². The molecule has 0 radical (unpaired) electrons. The van der Waals surface area contributed by atoms with Crippen LogP contribution in [-0.4, -0.2) is 18.5 Å². The molecule has 1 fully saturated rings. The van der Waals surface area contributed by atoms with Gasteiger partial charge in [0.2, 0.25) is 5.91 Å². The largest absolute Gasteiger partial charge is 0.369 e. The smallest absolute Gasteiger partial charge is 0.221 e. The molecule has 88 valence electrons. The molecule has 3 atom stereocenters. The Hall–Kier alpha value is -0.570. The predicted molar refractivity (Wildman–Crippen MR) is 62.3 cm³/mol. The molecular weight excluding hydrogens is 188 g/mol. The van der Waals surface area contributed by atoms with Gasteiger partial charge >= 0.3 is 0 Å². The molecule has 1 aliphatic rings. The maximum absolute atomic E-state index is 10.9. The SMILES string of the molecule is CC1CC(C)CC(NCC(C)C(N)=O)C1. The summed E-state index contributed by atoms with van der Waals surface area (Å²) in [5, 5.41) is 3.46. The summed E-state index contributed by atoms with van der Waals surface area (Å²) in [6, 6.07) is 0.575. The molecule has 0 aromatic carbocycles. The van der Waals surface area contributed by atoms with E-state index < -0.39 is 0 Å². The number of amides is 1. The van der Waals surface area contributed by atoms with Crippen molar-refractivity contribution < 1.29 is 4.79 Å². The highest BCUT2D eigenvalue weighted by molar-refractivity contribution is 5.76. The topological polar surface area (TPSA) is 55.1 Å². The number of hydrogen-bond donors (Lipinski definition) is 2. The molecule has 0 spiro atoms. The number of hydrogen-bond acceptors (Lipinski definition) is 2. The zero-order chi connectivity index (χ0) is 11.4. The summed E-state index contributed by atoms with van der Waals surface area (Å²) in [6.45, 7) is 7.22. The van der Waals surface area contributed by atoms with Crippen LogP contribution in [0.15, 0.2) is 0 Å². The summed E-state index contributed by atoms with van der Waals surface area (Å²) >= 11 is 0. The Kier molecular flexibility index (Phi) is 4.58. The van der Waals surface area contributed by atoms with Crippen molar-refractivity contribution in [1.82, 2.24) is 5.32 Å². The second-order valence-corrected chi connectivity index (χ2v) is 5.33. The Balaban J connectivity index is 2.29. The van der Waals surface area contributed by atoms with E-state index in [0.717, 1.165) is 18.4 Å². The van der Waals surface area contributed by atoms with Crippen molar-refractivity contribution in [2.24, 2.45) is 23.5 Å². The molecule has 3 unspecified atom stereocenters. The molecule has 0 aromatic rings. The molecule has 0 aromatic heterocycles. The van der Waals surface area contributed by atoms with Gasteiger partial charge in [0.15, 0.2) is 0 Å². The maximum Gasteiger partial charge on any atom is 0.221 e. The fourth-order valence-corrected chi connectivity index (χ4v) is 2.56. The van der Waals surface area contributed by atoms with Crippen molar-refractivity contribution in [3.05, 3.63) is 0 Å². The fraction of sp³-hybridized carbons (Fsp3) is 0.917. The number of carbonyl (C=O) groups excluding carboxylic acids is 1. The van der Waals surface area contributed by atoms with Crippen LogP contribution in [0.2, 0.25) is 0 Å². The van der Waals surface area contributed by atoms with Gasteiger partial charge in [0.25, 0.3) is 0 Å². The zero-order valence-corrected chi connectivity index (χ0v) is 10.1. The molecule has 0 bridgehead atoms. The summed E-state index contributed by atoms with van der Waals surface area (Å²) in [7, 11) is 0. The molecule has 1 amide bonds. The summed E-state index contributed by atoms with van der Waals surface area (Å²) in [6.07, 6.45) is 3.80. The minimum atomic E-state index is -0.209. The molecule has 0 aliphatic heterocycles. The molecule has 3 heteroatoms. The summed E-state index contributed by atoms with van der Waals surface area (Å²) in [5.74, 6) is 1.34. The van der Waals surface area contributed by atoms with Gasteiger partial charge in [-0.1, -0.05) is 20.8 Å². The first-order valence-electron chi connectivity index (χ1n) is 6.01. The van der Waals surface area contributed by atoms with E-state index in [4.69, 9.17) is 5.73 Å². The highest BCUT2D eigenvalue weighted by atomic mass is 16.1. The third-order valence-electron chi connectivity index (χ3n) is 3.38. The lowest BCUT2D eigenvalue weighted by Crippen LogP contribution is -2.40. The Morgan fingerprint density at radius 2 is 1.87 bits per heavy atom. The van der Waals surface area contributed by atoms with Crippen molar-refractivity contribution in [2.75, 3.05) is 6.54 Å². The van der Waals surface area contributed by atoms with Crippen molar-refractivity contribution in [3.8, 4) is 0 Å². The normalized spacial score (nSPS) is 33.7. The first-order chi connectivity index (χ1) is 6.99. The minimum absolute atomic E-state index is 0.0578. The van der Waals surface area contributed by atoms with Gasteiger partial charge in [-0.25, -0.2) is 0 Å². The van der Waals surface area contributed by atoms with Crippen LogP contribution < -0.4 is 11.1 Å². The number of carbonyl (C=O) groups is 1. The minimum Gasteiger partial charge on any atom is -0.369 e. The van der Waals surface area contributed by atoms with E-state index in [1.807, 2.05) is 6.92 Å². The van der Waals surface area contributed by atoms with E-state index in [1.54, 1.807) is 0 Å².